The molecule has 14 heavy (non-hydrogen) atoms. The van der Waals surface area contributed by atoms with E-state index in [0.717, 1.165) is 6.04 Å². The molecule has 0 saturated heterocycles. The van der Waals surface area contributed by atoms with Gasteiger partial charge in [-0.25, -0.2) is 0 Å². The molecule has 0 spiro atoms. The zero-order valence-electron chi connectivity index (χ0n) is 10.6. The summed E-state index contributed by atoms with van der Waals surface area (Å²) >= 11 is 0. The molecule has 1 unspecified atom stereocenters. The average molecular weight is 213 g/mol. The topological polar surface area (TPSA) is 12.0 Å². The van der Waals surface area contributed by atoms with Crippen LogP contribution in [0.1, 0.15) is 33.1 Å². The van der Waals surface area contributed by atoms with Crippen molar-refractivity contribution in [1.29, 1.82) is 0 Å². The molecular weight excluding hydrogens is 186 g/mol. The van der Waals surface area contributed by atoms with E-state index < -0.39 is 8.07 Å². The number of hydrogen-bond acceptors (Lipinski definition) is 1. The minimum absolute atomic E-state index is 0.549. The third-order valence-electron chi connectivity index (χ3n) is 3.21. The lowest BCUT2D eigenvalue weighted by atomic mass is 9.90. The van der Waals surface area contributed by atoms with Crippen LogP contribution < -0.4 is 5.32 Å². The summed E-state index contributed by atoms with van der Waals surface area (Å²) in [7, 11) is -0.905. The zero-order valence-corrected chi connectivity index (χ0v) is 11.6. The Morgan fingerprint density at radius 1 is 1.29 bits per heavy atom. The fourth-order valence-corrected chi connectivity index (χ4v) is 5.21. The molecule has 0 heterocycles. The van der Waals surface area contributed by atoms with Gasteiger partial charge in [0.2, 0.25) is 0 Å². The lowest BCUT2D eigenvalue weighted by Crippen LogP contribution is -2.38. The minimum atomic E-state index is -0.905. The van der Waals surface area contributed by atoms with Crippen molar-refractivity contribution in [3.63, 3.8) is 0 Å². The normalized spacial score (nSPS) is 22.1. The van der Waals surface area contributed by atoms with Crippen LogP contribution in [0.4, 0.5) is 0 Å². The summed E-state index contributed by atoms with van der Waals surface area (Å²) in [6, 6.07) is 2.32. The molecule has 0 bridgehead atoms. The summed E-state index contributed by atoms with van der Waals surface area (Å²) < 4.78 is 0. The molecule has 1 aliphatic rings. The van der Waals surface area contributed by atoms with Gasteiger partial charge < -0.3 is 5.32 Å². The maximum atomic E-state index is 3.69. The molecule has 0 aliphatic heterocycles. The Balaban J connectivity index is 2.37. The molecule has 1 atom stereocenters. The first-order chi connectivity index (χ1) is 6.35. The van der Waals surface area contributed by atoms with E-state index in [4.69, 9.17) is 0 Å². The smallest absolute Gasteiger partial charge is 0.0448 e. The van der Waals surface area contributed by atoms with Crippen molar-refractivity contribution in [2.75, 3.05) is 6.54 Å². The fraction of sp³-hybridized carbons (Fsp3) is 1.00. The molecule has 84 valence electrons. The van der Waals surface area contributed by atoms with Gasteiger partial charge in [0.25, 0.3) is 0 Å². The highest BCUT2D eigenvalue weighted by Gasteiger charge is 2.31. The zero-order chi connectivity index (χ0) is 10.8. The van der Waals surface area contributed by atoms with Crippen LogP contribution in [-0.4, -0.2) is 20.7 Å². The van der Waals surface area contributed by atoms with Crippen LogP contribution in [0.5, 0.6) is 0 Å². The first-order valence-electron chi connectivity index (χ1n) is 6.08. The molecule has 1 nitrogen and oxygen atoms in total. The lowest BCUT2D eigenvalue weighted by molar-refractivity contribution is 0.323. The van der Waals surface area contributed by atoms with E-state index in [1.54, 1.807) is 0 Å². The molecular formula is C12H27NSi. The lowest BCUT2D eigenvalue weighted by Gasteiger charge is -2.34. The largest absolute Gasteiger partial charge is 0.313 e. The van der Waals surface area contributed by atoms with Crippen LogP contribution in [0.25, 0.3) is 0 Å². The quantitative estimate of drug-likeness (QED) is 0.666. The Morgan fingerprint density at radius 2 is 1.86 bits per heavy atom. The molecule has 1 N–H and O–H groups in total. The highest BCUT2D eigenvalue weighted by atomic mass is 28.3. The summed E-state index contributed by atoms with van der Waals surface area (Å²) in [6.07, 6.45) is 4.14. The van der Waals surface area contributed by atoms with Gasteiger partial charge in [-0.3, -0.25) is 0 Å². The standard InChI is InChI=1S/C12H27NSi/c1-6-12(2,10-14(3,4)5)9-13-11-7-8-11/h11,13H,6-10H2,1-5H3. The Hall–Kier alpha value is 0.177. The van der Waals surface area contributed by atoms with Gasteiger partial charge in [0.15, 0.2) is 0 Å². The van der Waals surface area contributed by atoms with Crippen LogP contribution >= 0.6 is 0 Å². The highest BCUT2D eigenvalue weighted by Crippen LogP contribution is 2.32. The van der Waals surface area contributed by atoms with Crippen molar-refractivity contribution in [3.8, 4) is 0 Å². The molecule has 1 fully saturated rings. The molecule has 1 saturated carbocycles. The van der Waals surface area contributed by atoms with Crippen molar-refractivity contribution in [1.82, 2.24) is 5.32 Å². The third kappa shape index (κ3) is 4.60. The van der Waals surface area contributed by atoms with E-state index >= 15 is 0 Å². The van der Waals surface area contributed by atoms with Gasteiger partial charge in [0.1, 0.15) is 0 Å². The van der Waals surface area contributed by atoms with Crippen LogP contribution in [0.3, 0.4) is 0 Å². The predicted octanol–water partition coefficient (Wildman–Crippen LogP) is 3.49. The van der Waals surface area contributed by atoms with Gasteiger partial charge in [-0.2, -0.15) is 0 Å². The second-order valence-corrected chi connectivity index (χ2v) is 12.0. The van der Waals surface area contributed by atoms with Gasteiger partial charge in [-0.05, 0) is 24.7 Å². The monoisotopic (exact) mass is 213 g/mol. The molecule has 0 aromatic rings. The van der Waals surface area contributed by atoms with Gasteiger partial charge in [-0.1, -0.05) is 39.5 Å². The van der Waals surface area contributed by atoms with E-state index in [1.165, 1.54) is 31.9 Å². The van der Waals surface area contributed by atoms with Crippen LogP contribution in [0.2, 0.25) is 25.7 Å². The maximum Gasteiger partial charge on any atom is 0.0448 e. The molecule has 1 aliphatic carbocycles. The van der Waals surface area contributed by atoms with Crippen molar-refractivity contribution >= 4 is 8.07 Å². The van der Waals surface area contributed by atoms with Crippen molar-refractivity contribution in [2.45, 2.75) is 64.8 Å². The van der Waals surface area contributed by atoms with Crippen LogP contribution in [0, 0.1) is 5.41 Å². The van der Waals surface area contributed by atoms with Crippen LogP contribution in [0.15, 0.2) is 0 Å². The van der Waals surface area contributed by atoms with Gasteiger partial charge in [0.05, 0.1) is 0 Å². The molecule has 2 heteroatoms. The van der Waals surface area contributed by atoms with E-state index in [2.05, 4.69) is 38.8 Å². The maximum absolute atomic E-state index is 3.69. The van der Waals surface area contributed by atoms with E-state index in [-0.39, 0.29) is 0 Å². The van der Waals surface area contributed by atoms with E-state index in [1.807, 2.05) is 0 Å². The Labute approximate surface area is 90.7 Å². The summed E-state index contributed by atoms with van der Waals surface area (Å²) in [4.78, 5) is 0. The number of nitrogens with one attached hydrogen (secondary N) is 1. The summed E-state index contributed by atoms with van der Waals surface area (Å²) in [5.74, 6) is 0. The fourth-order valence-electron chi connectivity index (χ4n) is 2.27. The SMILES string of the molecule is CCC(C)(CNC1CC1)C[Si](C)(C)C. The summed E-state index contributed by atoms with van der Waals surface area (Å²) in [6.45, 7) is 13.5. The predicted molar refractivity (Wildman–Crippen MR) is 67.6 cm³/mol. The number of rotatable bonds is 6. The van der Waals surface area contributed by atoms with Gasteiger partial charge in [0, 0.05) is 20.7 Å². The Kier molecular flexibility index (Phi) is 3.81. The Morgan fingerprint density at radius 3 is 2.21 bits per heavy atom. The number of hydrogen-bond donors (Lipinski definition) is 1. The highest BCUT2D eigenvalue weighted by molar-refractivity contribution is 6.76. The van der Waals surface area contributed by atoms with Crippen LogP contribution in [-0.2, 0) is 0 Å². The molecule has 1 rings (SSSR count). The van der Waals surface area contributed by atoms with Gasteiger partial charge in [-0.15, -0.1) is 0 Å². The van der Waals surface area contributed by atoms with Crippen molar-refractivity contribution < 1.29 is 0 Å². The second-order valence-electron chi connectivity index (χ2n) is 6.56. The van der Waals surface area contributed by atoms with Crippen molar-refractivity contribution in [2.24, 2.45) is 5.41 Å². The second kappa shape index (κ2) is 4.36. The van der Waals surface area contributed by atoms with Gasteiger partial charge >= 0.3 is 0 Å². The van der Waals surface area contributed by atoms with E-state index in [0.29, 0.717) is 5.41 Å². The first kappa shape index (κ1) is 12.2. The minimum Gasteiger partial charge on any atom is -0.313 e. The Bertz CT molecular complexity index is 181. The molecule has 0 amide bonds. The van der Waals surface area contributed by atoms with Crippen molar-refractivity contribution in [3.05, 3.63) is 0 Å². The average Bonchev–Trinajstić information content (AvgIpc) is 2.81. The summed E-state index contributed by atoms with van der Waals surface area (Å²) in [5.41, 5.74) is 0.549. The summed E-state index contributed by atoms with van der Waals surface area (Å²) in [5, 5.41) is 3.69. The van der Waals surface area contributed by atoms with E-state index in [9.17, 15) is 0 Å². The first-order valence-corrected chi connectivity index (χ1v) is 9.79. The molecule has 0 aromatic carbocycles. The molecule has 0 radical (unpaired) electrons. The third-order valence-corrected chi connectivity index (χ3v) is 5.12. The molecule has 0 aromatic heterocycles.